The average Bonchev–Trinajstić information content (AvgIpc) is 2.53. The van der Waals surface area contributed by atoms with Gasteiger partial charge in [-0.1, -0.05) is 13.8 Å². The van der Waals surface area contributed by atoms with Crippen LogP contribution >= 0.6 is 0 Å². The molecule has 4 nitrogen and oxygen atoms in total. The minimum atomic E-state index is -0.508. The summed E-state index contributed by atoms with van der Waals surface area (Å²) in [6.45, 7) is 5.83. The summed E-state index contributed by atoms with van der Waals surface area (Å²) < 4.78 is 0. The zero-order valence-corrected chi connectivity index (χ0v) is 10.1. The van der Waals surface area contributed by atoms with Gasteiger partial charge in [0.05, 0.1) is 17.4 Å². The van der Waals surface area contributed by atoms with Crippen LogP contribution in [0.2, 0.25) is 0 Å². The highest BCUT2D eigenvalue weighted by atomic mass is 16.2. The lowest BCUT2D eigenvalue weighted by Crippen LogP contribution is -2.37. The molecule has 16 heavy (non-hydrogen) atoms. The number of hydrogen-bond acceptors (Lipinski definition) is 3. The second-order valence-corrected chi connectivity index (χ2v) is 4.50. The Kier molecular flexibility index (Phi) is 3.69. The van der Waals surface area contributed by atoms with E-state index in [0.29, 0.717) is 19.3 Å². The van der Waals surface area contributed by atoms with Crippen LogP contribution in [0.1, 0.15) is 40.0 Å². The average molecular weight is 222 g/mol. The summed E-state index contributed by atoms with van der Waals surface area (Å²) >= 11 is 0. The Balaban J connectivity index is 2.87. The maximum atomic E-state index is 12.1. The molecule has 1 heterocycles. The van der Waals surface area contributed by atoms with Crippen molar-refractivity contribution in [1.29, 1.82) is 5.26 Å². The van der Waals surface area contributed by atoms with E-state index < -0.39 is 5.41 Å². The second-order valence-electron chi connectivity index (χ2n) is 4.50. The lowest BCUT2D eigenvalue weighted by Gasteiger charge is -2.23. The van der Waals surface area contributed by atoms with Crippen LogP contribution < -0.4 is 0 Å². The summed E-state index contributed by atoms with van der Waals surface area (Å²) in [5.74, 6) is -0.516. The van der Waals surface area contributed by atoms with Crippen molar-refractivity contribution in [1.82, 2.24) is 4.90 Å². The first kappa shape index (κ1) is 12.7. The molecular formula is C12H18N2O2. The third-order valence-corrected chi connectivity index (χ3v) is 3.52. The molecule has 0 saturated carbocycles. The Morgan fingerprint density at radius 3 is 2.38 bits per heavy atom. The first-order valence-corrected chi connectivity index (χ1v) is 5.75. The maximum Gasteiger partial charge on any atom is 0.235 e. The fourth-order valence-corrected chi connectivity index (χ4v) is 2.16. The number of carbonyl (C=O) groups excluding carboxylic acids is 2. The van der Waals surface area contributed by atoms with Crippen LogP contribution in [-0.4, -0.2) is 23.3 Å². The van der Waals surface area contributed by atoms with Gasteiger partial charge in [0.15, 0.2) is 0 Å². The quantitative estimate of drug-likeness (QED) is 0.680. The minimum absolute atomic E-state index is 0.0930. The van der Waals surface area contributed by atoms with Gasteiger partial charge in [-0.3, -0.25) is 14.5 Å². The highest BCUT2D eigenvalue weighted by Gasteiger charge is 2.49. The predicted molar refractivity (Wildman–Crippen MR) is 59.1 cm³/mol. The Labute approximate surface area is 96.2 Å². The standard InChI is InChI=1S/C12H18N2O2/c1-4-12(5-2)6-10(15)14(11(12)16)8-9(3)7-13/h9H,4-6,8H2,1-3H3. The second kappa shape index (κ2) is 4.65. The van der Waals surface area contributed by atoms with Crippen LogP contribution in [0.5, 0.6) is 0 Å². The monoisotopic (exact) mass is 222 g/mol. The van der Waals surface area contributed by atoms with Crippen molar-refractivity contribution in [3.8, 4) is 6.07 Å². The van der Waals surface area contributed by atoms with E-state index in [1.165, 1.54) is 4.90 Å². The largest absolute Gasteiger partial charge is 0.281 e. The van der Waals surface area contributed by atoms with E-state index in [9.17, 15) is 9.59 Å². The molecule has 0 aromatic heterocycles. The van der Waals surface area contributed by atoms with Crippen molar-refractivity contribution in [2.24, 2.45) is 11.3 Å². The van der Waals surface area contributed by atoms with Crippen LogP contribution in [0.4, 0.5) is 0 Å². The molecule has 0 radical (unpaired) electrons. The van der Waals surface area contributed by atoms with Crippen LogP contribution in [0.3, 0.4) is 0 Å². The topological polar surface area (TPSA) is 61.2 Å². The minimum Gasteiger partial charge on any atom is -0.281 e. The molecule has 1 rings (SSSR count). The van der Waals surface area contributed by atoms with E-state index in [2.05, 4.69) is 6.07 Å². The molecule has 1 aliphatic heterocycles. The first-order valence-electron chi connectivity index (χ1n) is 5.75. The Hall–Kier alpha value is -1.37. The lowest BCUT2D eigenvalue weighted by molar-refractivity contribution is -0.142. The third kappa shape index (κ3) is 1.95. The third-order valence-electron chi connectivity index (χ3n) is 3.52. The number of nitriles is 1. The van der Waals surface area contributed by atoms with Gasteiger partial charge in [-0.05, 0) is 19.8 Å². The SMILES string of the molecule is CCC1(CC)CC(=O)N(CC(C)C#N)C1=O. The van der Waals surface area contributed by atoms with Crippen molar-refractivity contribution in [3.63, 3.8) is 0 Å². The van der Waals surface area contributed by atoms with E-state index in [4.69, 9.17) is 5.26 Å². The normalized spacial score (nSPS) is 21.0. The molecule has 1 saturated heterocycles. The molecular weight excluding hydrogens is 204 g/mol. The number of amides is 2. The van der Waals surface area contributed by atoms with Crippen LogP contribution in [-0.2, 0) is 9.59 Å². The summed E-state index contributed by atoms with van der Waals surface area (Å²) in [5.41, 5.74) is -0.508. The van der Waals surface area contributed by atoms with E-state index in [-0.39, 0.29) is 24.3 Å². The molecule has 1 atom stereocenters. The number of carbonyl (C=O) groups is 2. The van der Waals surface area contributed by atoms with Gasteiger partial charge in [0.25, 0.3) is 0 Å². The summed E-state index contributed by atoms with van der Waals surface area (Å²) in [6, 6.07) is 2.05. The van der Waals surface area contributed by atoms with Gasteiger partial charge < -0.3 is 0 Å². The number of rotatable bonds is 4. The fourth-order valence-electron chi connectivity index (χ4n) is 2.16. The Bertz CT molecular complexity index is 339. The smallest absolute Gasteiger partial charge is 0.235 e. The summed E-state index contributed by atoms with van der Waals surface area (Å²) in [5, 5.41) is 8.71. The zero-order valence-electron chi connectivity index (χ0n) is 10.1. The van der Waals surface area contributed by atoms with Gasteiger partial charge >= 0.3 is 0 Å². The highest BCUT2D eigenvalue weighted by Crippen LogP contribution is 2.39. The first-order chi connectivity index (χ1) is 7.50. The number of hydrogen-bond donors (Lipinski definition) is 0. The van der Waals surface area contributed by atoms with Crippen LogP contribution in [0.25, 0.3) is 0 Å². The Morgan fingerprint density at radius 1 is 1.44 bits per heavy atom. The molecule has 0 aromatic carbocycles. The van der Waals surface area contributed by atoms with Gasteiger partial charge in [-0.15, -0.1) is 0 Å². The number of likely N-dealkylation sites (tertiary alicyclic amines) is 1. The van der Waals surface area contributed by atoms with Gasteiger partial charge in [-0.25, -0.2) is 0 Å². The van der Waals surface area contributed by atoms with Gasteiger partial charge in [0.2, 0.25) is 11.8 Å². The molecule has 1 aliphatic rings. The van der Waals surface area contributed by atoms with Crippen molar-refractivity contribution >= 4 is 11.8 Å². The Morgan fingerprint density at radius 2 is 2.00 bits per heavy atom. The van der Waals surface area contributed by atoms with Crippen LogP contribution in [0, 0.1) is 22.7 Å². The van der Waals surface area contributed by atoms with Gasteiger partial charge in [0, 0.05) is 13.0 Å². The number of imide groups is 1. The van der Waals surface area contributed by atoms with Gasteiger partial charge in [0.1, 0.15) is 0 Å². The van der Waals surface area contributed by atoms with Crippen molar-refractivity contribution in [3.05, 3.63) is 0 Å². The van der Waals surface area contributed by atoms with E-state index in [0.717, 1.165) is 0 Å². The lowest BCUT2D eigenvalue weighted by atomic mass is 9.81. The van der Waals surface area contributed by atoms with Crippen molar-refractivity contribution in [2.75, 3.05) is 6.54 Å². The fraction of sp³-hybridized carbons (Fsp3) is 0.750. The molecule has 1 fully saturated rings. The van der Waals surface area contributed by atoms with Gasteiger partial charge in [-0.2, -0.15) is 5.26 Å². The zero-order chi connectivity index (χ0) is 12.3. The molecule has 0 spiro atoms. The summed E-state index contributed by atoms with van der Waals surface area (Å²) in [6.07, 6.45) is 1.67. The van der Waals surface area contributed by atoms with Crippen LogP contribution in [0.15, 0.2) is 0 Å². The number of nitrogens with zero attached hydrogens (tertiary/aromatic N) is 2. The molecule has 1 unspecified atom stereocenters. The predicted octanol–water partition coefficient (Wildman–Crippen LogP) is 1.71. The molecule has 0 aromatic rings. The maximum absolute atomic E-state index is 12.1. The molecule has 0 N–H and O–H groups in total. The van der Waals surface area contributed by atoms with E-state index in [1.54, 1.807) is 6.92 Å². The van der Waals surface area contributed by atoms with E-state index in [1.807, 2.05) is 13.8 Å². The molecule has 2 amide bonds. The van der Waals surface area contributed by atoms with Crippen molar-refractivity contribution < 1.29 is 9.59 Å². The summed E-state index contributed by atoms with van der Waals surface area (Å²) in [7, 11) is 0. The van der Waals surface area contributed by atoms with E-state index >= 15 is 0 Å². The summed E-state index contributed by atoms with van der Waals surface area (Å²) in [4.78, 5) is 25.2. The molecule has 0 aliphatic carbocycles. The van der Waals surface area contributed by atoms with Crippen molar-refractivity contribution in [2.45, 2.75) is 40.0 Å². The molecule has 4 heteroatoms. The highest BCUT2D eigenvalue weighted by molar-refractivity contribution is 6.05. The molecule has 0 bridgehead atoms. The molecule has 88 valence electrons.